The van der Waals surface area contributed by atoms with Gasteiger partial charge < -0.3 is 10.1 Å². The Kier molecular flexibility index (Phi) is 5.53. The standard InChI is InChI=1S/C19H21FN2O5/c20-14-7-5-13(6-8-14)15(23)4-3-11-27-16(24)12-22-17(25)19(21-18(22)26)9-1-2-10-19/h5-8H,1-4,9-12H2,(H,21,26). The SMILES string of the molecule is O=C(CN1C(=O)NC2(CCCC2)C1=O)OCCCC(=O)c1ccc(F)cc1. The van der Waals surface area contributed by atoms with Gasteiger partial charge in [-0.05, 0) is 43.5 Å². The van der Waals surface area contributed by atoms with E-state index in [1.165, 1.54) is 24.3 Å². The molecule has 1 heterocycles. The number of imide groups is 1. The van der Waals surface area contributed by atoms with E-state index in [2.05, 4.69) is 5.32 Å². The first-order chi connectivity index (χ1) is 12.9. The van der Waals surface area contributed by atoms with E-state index in [-0.39, 0.29) is 24.7 Å². The third-order valence-corrected chi connectivity index (χ3v) is 4.97. The number of nitrogens with zero attached hydrogens (tertiary/aromatic N) is 1. The van der Waals surface area contributed by atoms with E-state index in [1.54, 1.807) is 0 Å². The second-order valence-corrected chi connectivity index (χ2v) is 6.86. The Hall–Kier alpha value is -2.77. The van der Waals surface area contributed by atoms with Crippen LogP contribution < -0.4 is 5.32 Å². The molecule has 1 saturated carbocycles. The van der Waals surface area contributed by atoms with E-state index in [0.29, 0.717) is 24.8 Å². The molecule has 0 aromatic heterocycles. The molecule has 8 heteroatoms. The van der Waals surface area contributed by atoms with Gasteiger partial charge >= 0.3 is 12.0 Å². The summed E-state index contributed by atoms with van der Waals surface area (Å²) in [5.74, 6) is -1.65. The van der Waals surface area contributed by atoms with Crippen LogP contribution in [0.2, 0.25) is 0 Å². The first kappa shape index (κ1) is 19.0. The van der Waals surface area contributed by atoms with Crippen molar-refractivity contribution in [3.05, 3.63) is 35.6 Å². The minimum Gasteiger partial charge on any atom is -0.464 e. The maximum Gasteiger partial charge on any atom is 0.326 e. The van der Waals surface area contributed by atoms with Gasteiger partial charge in [0.1, 0.15) is 17.9 Å². The number of Topliss-reactive ketones (excluding diaryl/α,β-unsaturated/α-hetero) is 1. The number of amides is 3. The summed E-state index contributed by atoms with van der Waals surface area (Å²) in [4.78, 5) is 49.2. The lowest BCUT2D eigenvalue weighted by atomic mass is 9.98. The van der Waals surface area contributed by atoms with Gasteiger partial charge in [-0.3, -0.25) is 19.3 Å². The van der Waals surface area contributed by atoms with Crippen molar-refractivity contribution >= 4 is 23.7 Å². The number of rotatable bonds is 7. The van der Waals surface area contributed by atoms with Gasteiger partial charge in [-0.2, -0.15) is 0 Å². The molecule has 27 heavy (non-hydrogen) atoms. The molecule has 2 aliphatic rings. The number of hydrogen-bond donors (Lipinski definition) is 1. The van der Waals surface area contributed by atoms with E-state index in [9.17, 15) is 23.6 Å². The molecule has 1 aromatic rings. The molecule has 2 fully saturated rings. The molecule has 0 atom stereocenters. The van der Waals surface area contributed by atoms with Crippen molar-refractivity contribution in [2.75, 3.05) is 13.2 Å². The highest BCUT2D eigenvalue weighted by atomic mass is 19.1. The van der Waals surface area contributed by atoms with Crippen LogP contribution in [-0.2, 0) is 14.3 Å². The van der Waals surface area contributed by atoms with Crippen molar-refractivity contribution in [1.82, 2.24) is 10.2 Å². The van der Waals surface area contributed by atoms with Crippen molar-refractivity contribution in [1.29, 1.82) is 0 Å². The summed E-state index contributed by atoms with van der Waals surface area (Å²) >= 11 is 0. The highest BCUT2D eigenvalue weighted by Crippen LogP contribution is 2.34. The molecule has 0 radical (unpaired) electrons. The minimum absolute atomic E-state index is 0.000556. The Morgan fingerprint density at radius 3 is 2.48 bits per heavy atom. The Morgan fingerprint density at radius 1 is 1.15 bits per heavy atom. The summed E-state index contributed by atoms with van der Waals surface area (Å²) in [6.45, 7) is -0.432. The zero-order valence-corrected chi connectivity index (χ0v) is 14.8. The molecular weight excluding hydrogens is 355 g/mol. The van der Waals surface area contributed by atoms with Crippen LogP contribution in [0.4, 0.5) is 9.18 Å². The molecule has 3 amide bonds. The predicted molar refractivity (Wildman–Crippen MR) is 92.4 cm³/mol. The zero-order valence-electron chi connectivity index (χ0n) is 14.8. The molecule has 1 aromatic carbocycles. The number of benzene rings is 1. The summed E-state index contributed by atoms with van der Waals surface area (Å²) in [6, 6.07) is 4.66. The van der Waals surface area contributed by atoms with Crippen LogP contribution in [0.3, 0.4) is 0 Å². The van der Waals surface area contributed by atoms with Crippen LogP contribution in [0.15, 0.2) is 24.3 Å². The van der Waals surface area contributed by atoms with Gasteiger partial charge in [0, 0.05) is 12.0 Å². The monoisotopic (exact) mass is 376 g/mol. The van der Waals surface area contributed by atoms with Crippen molar-refractivity contribution in [3.63, 3.8) is 0 Å². The first-order valence-corrected chi connectivity index (χ1v) is 9.00. The van der Waals surface area contributed by atoms with Gasteiger partial charge in [0.2, 0.25) is 0 Å². The van der Waals surface area contributed by atoms with E-state index in [4.69, 9.17) is 4.74 Å². The number of carbonyl (C=O) groups is 4. The van der Waals surface area contributed by atoms with Crippen LogP contribution >= 0.6 is 0 Å². The number of ether oxygens (including phenoxy) is 1. The normalized spacial score (nSPS) is 18.0. The van der Waals surface area contributed by atoms with Crippen LogP contribution in [0, 0.1) is 5.82 Å². The quantitative estimate of drug-likeness (QED) is 0.341. The van der Waals surface area contributed by atoms with E-state index in [0.717, 1.165) is 17.7 Å². The molecule has 3 rings (SSSR count). The second kappa shape index (κ2) is 7.85. The third kappa shape index (κ3) is 4.15. The zero-order chi connectivity index (χ0) is 19.4. The number of hydrogen-bond acceptors (Lipinski definition) is 5. The van der Waals surface area contributed by atoms with Gasteiger partial charge in [-0.1, -0.05) is 12.8 Å². The smallest absolute Gasteiger partial charge is 0.326 e. The average Bonchev–Trinajstić information content (AvgIpc) is 3.20. The Morgan fingerprint density at radius 2 is 1.81 bits per heavy atom. The number of halogens is 1. The van der Waals surface area contributed by atoms with Crippen molar-refractivity contribution in [2.45, 2.75) is 44.1 Å². The first-order valence-electron chi connectivity index (χ1n) is 9.00. The third-order valence-electron chi connectivity index (χ3n) is 4.97. The largest absolute Gasteiger partial charge is 0.464 e. The van der Waals surface area contributed by atoms with Gasteiger partial charge in [0.25, 0.3) is 5.91 Å². The topological polar surface area (TPSA) is 92.8 Å². The molecule has 1 saturated heterocycles. The van der Waals surface area contributed by atoms with Crippen LogP contribution in [0.1, 0.15) is 48.9 Å². The van der Waals surface area contributed by atoms with Gasteiger partial charge in [0.05, 0.1) is 6.61 Å². The fourth-order valence-electron chi connectivity index (χ4n) is 3.51. The molecule has 0 unspecified atom stereocenters. The molecule has 1 aliphatic carbocycles. The molecule has 7 nitrogen and oxygen atoms in total. The van der Waals surface area contributed by atoms with E-state index >= 15 is 0 Å². The Bertz CT molecular complexity index is 756. The molecule has 1 aliphatic heterocycles. The minimum atomic E-state index is -0.848. The Labute approximate surface area is 155 Å². The number of esters is 1. The fraction of sp³-hybridized carbons (Fsp3) is 0.474. The predicted octanol–water partition coefficient (Wildman–Crippen LogP) is 2.20. The van der Waals surface area contributed by atoms with Crippen molar-refractivity contribution in [2.24, 2.45) is 0 Å². The lowest BCUT2D eigenvalue weighted by Crippen LogP contribution is -2.44. The lowest BCUT2D eigenvalue weighted by Gasteiger charge is -2.19. The summed E-state index contributed by atoms with van der Waals surface area (Å²) in [6.07, 6.45) is 3.36. The van der Waals surface area contributed by atoms with E-state index in [1.807, 2.05) is 0 Å². The summed E-state index contributed by atoms with van der Waals surface area (Å²) in [7, 11) is 0. The van der Waals surface area contributed by atoms with Crippen molar-refractivity contribution < 1.29 is 28.3 Å². The maximum atomic E-state index is 12.8. The van der Waals surface area contributed by atoms with Gasteiger partial charge in [-0.15, -0.1) is 0 Å². The molecule has 1 N–H and O–H groups in total. The highest BCUT2D eigenvalue weighted by Gasteiger charge is 2.52. The number of ketones is 1. The Balaban J connectivity index is 1.41. The van der Waals surface area contributed by atoms with Crippen LogP contribution in [0.25, 0.3) is 0 Å². The average molecular weight is 376 g/mol. The van der Waals surface area contributed by atoms with Crippen molar-refractivity contribution in [3.8, 4) is 0 Å². The molecule has 0 bridgehead atoms. The fourth-order valence-corrected chi connectivity index (χ4v) is 3.51. The van der Waals surface area contributed by atoms with Gasteiger partial charge in [-0.25, -0.2) is 9.18 Å². The number of carbonyl (C=O) groups excluding carboxylic acids is 4. The molecule has 144 valence electrons. The second-order valence-electron chi connectivity index (χ2n) is 6.86. The number of nitrogens with one attached hydrogen (secondary N) is 1. The van der Waals surface area contributed by atoms with Gasteiger partial charge in [0.15, 0.2) is 5.78 Å². The van der Waals surface area contributed by atoms with Crippen LogP contribution in [-0.4, -0.2) is 47.3 Å². The molecular formula is C19H21FN2O5. The molecule has 1 spiro atoms. The maximum absolute atomic E-state index is 12.8. The lowest BCUT2D eigenvalue weighted by molar-refractivity contribution is -0.147. The van der Waals surface area contributed by atoms with Crippen LogP contribution in [0.5, 0.6) is 0 Å². The summed E-state index contributed by atoms with van der Waals surface area (Å²) in [5, 5.41) is 2.70. The van der Waals surface area contributed by atoms with E-state index < -0.39 is 29.9 Å². The number of urea groups is 1. The summed E-state index contributed by atoms with van der Waals surface area (Å²) in [5.41, 5.74) is -0.456. The summed E-state index contributed by atoms with van der Waals surface area (Å²) < 4.78 is 17.9. The highest BCUT2D eigenvalue weighted by molar-refractivity contribution is 6.08.